The van der Waals surface area contributed by atoms with Crippen LogP contribution in [0.5, 0.6) is 0 Å². The Balaban J connectivity index is 1.50. The number of hydrogen-bond acceptors (Lipinski definition) is 6. The van der Waals surface area contributed by atoms with Gasteiger partial charge in [-0.1, -0.05) is 30.3 Å². The van der Waals surface area contributed by atoms with E-state index in [4.69, 9.17) is 9.57 Å². The van der Waals surface area contributed by atoms with Crippen molar-refractivity contribution in [2.24, 2.45) is 5.92 Å². The minimum Gasteiger partial charge on any atom is -0.462 e. The van der Waals surface area contributed by atoms with Gasteiger partial charge in [0.05, 0.1) is 29.6 Å². The van der Waals surface area contributed by atoms with Gasteiger partial charge in [0.2, 0.25) is 5.91 Å². The number of benzene rings is 3. The minimum absolute atomic E-state index is 0.243. The maximum Gasteiger partial charge on any atom is 0.338 e. The molecule has 2 heterocycles. The number of hydroxylamine groups is 1. The second-order valence-electron chi connectivity index (χ2n) is 7.99. The number of halogens is 1. The summed E-state index contributed by atoms with van der Waals surface area (Å²) in [4.78, 5) is 46.0. The predicted molar refractivity (Wildman–Crippen MR) is 121 cm³/mol. The topological polar surface area (TPSA) is 76.2 Å². The third-order valence-corrected chi connectivity index (χ3v) is 5.97. The molecule has 3 atom stereocenters. The van der Waals surface area contributed by atoms with E-state index >= 15 is 0 Å². The lowest BCUT2D eigenvalue weighted by Crippen LogP contribution is -2.37. The Morgan fingerprint density at radius 3 is 2.24 bits per heavy atom. The van der Waals surface area contributed by atoms with Crippen LogP contribution >= 0.6 is 0 Å². The lowest BCUT2D eigenvalue weighted by molar-refractivity contribution is -0.126. The summed E-state index contributed by atoms with van der Waals surface area (Å²) in [5.41, 5.74) is 1.99. The fraction of sp³-hybridized carbons (Fsp3) is 0.192. The van der Waals surface area contributed by atoms with E-state index in [1.807, 2.05) is 30.3 Å². The van der Waals surface area contributed by atoms with Gasteiger partial charge in [0, 0.05) is 0 Å². The standard InChI is InChI=1S/C26H21FN2O5/c1-2-33-26(32)17-10-14-19(15-11-17)28-24(30)21-22(16-8-12-18(27)13-9-16)29(34-23(21)25(28)31)20-6-4-3-5-7-20/h3-15,21-23H,2H2,1H3/t21-,22-,23-/m1/s1. The van der Waals surface area contributed by atoms with Crippen LogP contribution in [0.1, 0.15) is 28.9 Å². The number of fused-ring (bicyclic) bond motifs is 1. The number of hydrogen-bond donors (Lipinski definition) is 0. The Hall–Kier alpha value is -4.04. The lowest BCUT2D eigenvalue weighted by Gasteiger charge is -2.28. The molecule has 2 aliphatic heterocycles. The highest BCUT2D eigenvalue weighted by Crippen LogP contribution is 2.47. The Morgan fingerprint density at radius 1 is 0.912 bits per heavy atom. The maximum atomic E-state index is 13.6. The predicted octanol–water partition coefficient (Wildman–Crippen LogP) is 4.05. The zero-order chi connectivity index (χ0) is 23.8. The molecule has 34 heavy (non-hydrogen) atoms. The van der Waals surface area contributed by atoms with Crippen molar-refractivity contribution < 1.29 is 28.3 Å². The Kier molecular flexibility index (Phi) is 5.59. The second kappa shape index (κ2) is 8.72. The molecule has 0 spiro atoms. The van der Waals surface area contributed by atoms with Crippen LogP contribution in [0.15, 0.2) is 78.9 Å². The molecule has 0 aliphatic carbocycles. The van der Waals surface area contributed by atoms with E-state index in [0.717, 1.165) is 4.90 Å². The highest BCUT2D eigenvalue weighted by atomic mass is 19.1. The number of carbonyl (C=O) groups is 3. The maximum absolute atomic E-state index is 13.6. The number of para-hydroxylation sites is 1. The Bertz CT molecular complexity index is 1230. The number of anilines is 2. The van der Waals surface area contributed by atoms with Crippen molar-refractivity contribution in [2.75, 3.05) is 16.6 Å². The van der Waals surface area contributed by atoms with Crippen LogP contribution in [0, 0.1) is 11.7 Å². The fourth-order valence-electron chi connectivity index (χ4n) is 4.43. The van der Waals surface area contributed by atoms with Crippen molar-refractivity contribution in [3.63, 3.8) is 0 Å². The summed E-state index contributed by atoms with van der Waals surface area (Å²) in [6, 6.07) is 20.4. The summed E-state index contributed by atoms with van der Waals surface area (Å²) >= 11 is 0. The lowest BCUT2D eigenvalue weighted by atomic mass is 9.90. The van der Waals surface area contributed by atoms with Crippen LogP contribution in [0.2, 0.25) is 0 Å². The van der Waals surface area contributed by atoms with Crippen molar-refractivity contribution in [2.45, 2.75) is 19.1 Å². The fourth-order valence-corrected chi connectivity index (χ4v) is 4.43. The number of carbonyl (C=O) groups excluding carboxylic acids is 3. The van der Waals surface area contributed by atoms with E-state index in [-0.39, 0.29) is 6.61 Å². The van der Waals surface area contributed by atoms with Crippen molar-refractivity contribution >= 4 is 29.2 Å². The normalized spacial score (nSPS) is 21.6. The highest BCUT2D eigenvalue weighted by Gasteiger charge is 2.60. The van der Waals surface area contributed by atoms with Crippen LogP contribution in [-0.4, -0.2) is 30.5 Å². The van der Waals surface area contributed by atoms with Gasteiger partial charge in [-0.2, -0.15) is 0 Å². The molecule has 0 N–H and O–H groups in total. The van der Waals surface area contributed by atoms with Gasteiger partial charge < -0.3 is 4.74 Å². The SMILES string of the molecule is CCOC(=O)c1ccc(N2C(=O)[C@@H]3[C@@H](c4ccc(F)cc4)N(c4ccccc4)O[C@H]3C2=O)cc1. The van der Waals surface area contributed by atoms with Gasteiger partial charge >= 0.3 is 5.97 Å². The van der Waals surface area contributed by atoms with Crippen LogP contribution < -0.4 is 9.96 Å². The van der Waals surface area contributed by atoms with E-state index in [1.54, 1.807) is 24.1 Å². The average molecular weight is 460 g/mol. The van der Waals surface area contributed by atoms with Gasteiger partial charge in [-0.15, -0.1) is 0 Å². The molecule has 3 aromatic rings. The first-order valence-electron chi connectivity index (χ1n) is 10.9. The molecular weight excluding hydrogens is 439 g/mol. The number of ether oxygens (including phenoxy) is 1. The van der Waals surface area contributed by atoms with E-state index in [9.17, 15) is 18.8 Å². The number of esters is 1. The largest absolute Gasteiger partial charge is 0.462 e. The van der Waals surface area contributed by atoms with E-state index in [1.165, 1.54) is 36.4 Å². The molecule has 7 nitrogen and oxygen atoms in total. The first-order valence-corrected chi connectivity index (χ1v) is 10.9. The molecule has 0 bridgehead atoms. The van der Waals surface area contributed by atoms with Crippen LogP contribution in [0.25, 0.3) is 0 Å². The average Bonchev–Trinajstić information content (AvgIpc) is 3.36. The van der Waals surface area contributed by atoms with Crippen molar-refractivity contribution in [1.29, 1.82) is 0 Å². The van der Waals surface area contributed by atoms with Crippen LogP contribution in [-0.2, 0) is 19.2 Å². The monoisotopic (exact) mass is 460 g/mol. The molecule has 8 heteroatoms. The number of imide groups is 1. The van der Waals surface area contributed by atoms with Crippen molar-refractivity contribution in [3.05, 3.63) is 95.8 Å². The number of amides is 2. The summed E-state index contributed by atoms with van der Waals surface area (Å²) in [7, 11) is 0. The highest BCUT2D eigenvalue weighted by molar-refractivity contribution is 6.24. The minimum atomic E-state index is -1.03. The van der Waals surface area contributed by atoms with Gasteiger partial charge in [0.15, 0.2) is 6.10 Å². The first kappa shape index (κ1) is 21.8. The summed E-state index contributed by atoms with van der Waals surface area (Å²) < 4.78 is 18.6. The molecule has 0 radical (unpaired) electrons. The molecule has 0 unspecified atom stereocenters. The number of rotatable bonds is 5. The third-order valence-electron chi connectivity index (χ3n) is 5.97. The molecule has 0 saturated carbocycles. The Labute approximate surface area is 195 Å². The van der Waals surface area contributed by atoms with Gasteiger partial charge in [0.25, 0.3) is 5.91 Å². The smallest absolute Gasteiger partial charge is 0.338 e. The zero-order valence-electron chi connectivity index (χ0n) is 18.3. The van der Waals surface area contributed by atoms with Gasteiger partial charge in [0.1, 0.15) is 11.7 Å². The molecule has 3 aromatic carbocycles. The van der Waals surface area contributed by atoms with E-state index in [2.05, 4.69) is 0 Å². The van der Waals surface area contributed by atoms with Crippen LogP contribution in [0.3, 0.4) is 0 Å². The van der Waals surface area contributed by atoms with E-state index < -0.39 is 41.7 Å². The van der Waals surface area contributed by atoms with Gasteiger partial charge in [-0.3, -0.25) is 14.4 Å². The van der Waals surface area contributed by atoms with Gasteiger partial charge in [-0.25, -0.2) is 19.1 Å². The summed E-state index contributed by atoms with van der Waals surface area (Å²) in [6.07, 6.45) is -1.03. The molecule has 2 saturated heterocycles. The molecule has 2 aliphatic rings. The third kappa shape index (κ3) is 3.62. The summed E-state index contributed by atoms with van der Waals surface area (Å²) in [5, 5.41) is 1.56. The molecule has 2 amide bonds. The summed E-state index contributed by atoms with van der Waals surface area (Å²) in [6.45, 7) is 1.95. The number of nitrogens with zero attached hydrogens (tertiary/aromatic N) is 2. The molecule has 2 fully saturated rings. The van der Waals surface area contributed by atoms with Crippen molar-refractivity contribution in [3.8, 4) is 0 Å². The summed E-state index contributed by atoms with van der Waals surface area (Å²) in [5.74, 6) is -2.63. The zero-order valence-corrected chi connectivity index (χ0v) is 18.3. The van der Waals surface area contributed by atoms with Crippen molar-refractivity contribution in [1.82, 2.24) is 0 Å². The van der Waals surface area contributed by atoms with Crippen LogP contribution in [0.4, 0.5) is 15.8 Å². The molecular formula is C26H21FN2O5. The van der Waals surface area contributed by atoms with Gasteiger partial charge in [-0.05, 0) is 61.0 Å². The molecule has 0 aromatic heterocycles. The molecule has 172 valence electrons. The quantitative estimate of drug-likeness (QED) is 0.422. The van der Waals surface area contributed by atoms with E-state index in [0.29, 0.717) is 22.5 Å². The molecule has 5 rings (SSSR count). The first-order chi connectivity index (χ1) is 16.5. The Morgan fingerprint density at radius 2 is 1.59 bits per heavy atom. The second-order valence-corrected chi connectivity index (χ2v) is 7.99.